The highest BCUT2D eigenvalue weighted by molar-refractivity contribution is 5.12. The van der Waals surface area contributed by atoms with Crippen molar-refractivity contribution in [2.45, 2.75) is 76.5 Å². The van der Waals surface area contributed by atoms with Gasteiger partial charge in [0.25, 0.3) is 0 Å². The largest absolute Gasteiger partial charge is 0.368 e. The van der Waals surface area contributed by atoms with E-state index in [0.29, 0.717) is 47.3 Å². The molecular weight excluding hydrogens is 384 g/mol. The van der Waals surface area contributed by atoms with E-state index in [-0.39, 0.29) is 23.7 Å². The van der Waals surface area contributed by atoms with Crippen LogP contribution in [0.2, 0.25) is 0 Å². The third-order valence-corrected chi connectivity index (χ3v) is 11.3. The average Bonchev–Trinajstić information content (AvgIpc) is 2.74. The van der Waals surface area contributed by atoms with Gasteiger partial charge in [0, 0.05) is 23.7 Å². The minimum absolute atomic E-state index is 0.179. The van der Waals surface area contributed by atoms with Crippen LogP contribution in [0, 0.1) is 71.0 Å². The lowest BCUT2D eigenvalue weighted by Crippen LogP contribution is -2.66. The number of aliphatic hydroxyl groups is 4. The number of hydrogen-bond acceptors (Lipinski definition) is 6. The average molecular weight is 421 g/mol. The van der Waals surface area contributed by atoms with Gasteiger partial charge in [-0.3, -0.25) is 0 Å². The molecule has 168 valence electrons. The second-order valence-corrected chi connectivity index (χ2v) is 11.8. The molecule has 7 fully saturated rings. The molecule has 0 aromatic heterocycles. The second kappa shape index (κ2) is 6.64. The van der Waals surface area contributed by atoms with Gasteiger partial charge in [0.1, 0.15) is 0 Å². The molecular formula is C24H36O6. The Morgan fingerprint density at radius 1 is 0.333 bits per heavy atom. The summed E-state index contributed by atoms with van der Waals surface area (Å²) < 4.78 is 11.1. The van der Waals surface area contributed by atoms with Gasteiger partial charge in [0.05, 0.1) is 0 Å². The molecule has 0 aromatic carbocycles. The molecule has 5 saturated carbocycles. The summed E-state index contributed by atoms with van der Waals surface area (Å²) in [4.78, 5) is 0. The van der Waals surface area contributed by atoms with Crippen LogP contribution in [0.15, 0.2) is 0 Å². The van der Waals surface area contributed by atoms with Gasteiger partial charge in [-0.25, -0.2) is 0 Å². The molecule has 6 heteroatoms. The van der Waals surface area contributed by atoms with Crippen LogP contribution in [0.25, 0.3) is 0 Å². The van der Waals surface area contributed by atoms with Crippen LogP contribution in [0.3, 0.4) is 0 Å². The van der Waals surface area contributed by atoms with Crippen molar-refractivity contribution in [3.8, 4) is 0 Å². The quantitative estimate of drug-likeness (QED) is 0.478. The van der Waals surface area contributed by atoms with Crippen LogP contribution in [-0.4, -0.2) is 45.6 Å². The normalized spacial score (nSPS) is 66.0. The highest BCUT2D eigenvalue weighted by Crippen LogP contribution is 2.69. The maximum atomic E-state index is 10.6. The summed E-state index contributed by atoms with van der Waals surface area (Å²) in [5.41, 5.74) is 0. The predicted octanol–water partition coefficient (Wildman–Crippen LogP) is 1.90. The standard InChI is InChI=1S/C24H36O6/c25-21-13-5-1-9-10-2-6-15-20-16(24(28)30-23(15)27)8-4-12(18(10)20)11-3-7-14(22(26)29-21)19(13)17(9)11/h9-28H,1-8H2/t9-,10?,11?,12?,13-,14?,15?,16?,17?,18?,19?,20?,21?,22?,23?,24?/m0/s1. The first-order valence-corrected chi connectivity index (χ1v) is 12.6. The van der Waals surface area contributed by atoms with Gasteiger partial charge >= 0.3 is 0 Å². The number of rotatable bonds is 0. The monoisotopic (exact) mass is 420 g/mol. The zero-order valence-electron chi connectivity index (χ0n) is 17.5. The van der Waals surface area contributed by atoms with E-state index in [9.17, 15) is 20.4 Å². The first-order chi connectivity index (χ1) is 14.5. The van der Waals surface area contributed by atoms with Gasteiger partial charge < -0.3 is 29.9 Å². The van der Waals surface area contributed by atoms with Crippen molar-refractivity contribution in [2.24, 2.45) is 71.0 Å². The lowest BCUT2D eigenvalue weighted by molar-refractivity contribution is -0.346. The zero-order chi connectivity index (χ0) is 20.3. The van der Waals surface area contributed by atoms with Gasteiger partial charge in [-0.15, -0.1) is 0 Å². The Morgan fingerprint density at radius 3 is 0.800 bits per heavy atom. The van der Waals surface area contributed by atoms with Gasteiger partial charge in [0.15, 0.2) is 25.2 Å². The molecule has 16 atom stereocenters. The highest BCUT2D eigenvalue weighted by Gasteiger charge is 2.66. The lowest BCUT2D eigenvalue weighted by Gasteiger charge is -2.68. The molecule has 0 aromatic rings. The van der Waals surface area contributed by atoms with E-state index in [0.717, 1.165) is 51.4 Å². The third-order valence-electron chi connectivity index (χ3n) is 11.3. The molecule has 2 heterocycles. The molecule has 14 unspecified atom stereocenters. The van der Waals surface area contributed by atoms with Crippen LogP contribution in [-0.2, 0) is 9.47 Å². The van der Waals surface area contributed by atoms with E-state index in [1.165, 1.54) is 0 Å². The maximum absolute atomic E-state index is 10.6. The van der Waals surface area contributed by atoms with Gasteiger partial charge in [-0.1, -0.05) is 0 Å². The Hall–Kier alpha value is -0.240. The molecule has 0 radical (unpaired) electrons. The van der Waals surface area contributed by atoms with Crippen molar-refractivity contribution in [3.05, 3.63) is 0 Å². The molecule has 6 nitrogen and oxygen atoms in total. The first-order valence-electron chi connectivity index (χ1n) is 12.6. The number of fused-ring (bicyclic) bond motifs is 2. The Labute approximate surface area is 177 Å². The van der Waals surface area contributed by atoms with E-state index in [2.05, 4.69) is 0 Å². The Kier molecular flexibility index (Phi) is 4.26. The summed E-state index contributed by atoms with van der Waals surface area (Å²) in [5.74, 6) is 5.35. The third kappa shape index (κ3) is 2.36. The maximum Gasteiger partial charge on any atom is 0.160 e. The smallest absolute Gasteiger partial charge is 0.160 e. The summed E-state index contributed by atoms with van der Waals surface area (Å²) >= 11 is 0. The van der Waals surface area contributed by atoms with Crippen molar-refractivity contribution >= 4 is 0 Å². The van der Waals surface area contributed by atoms with Crippen molar-refractivity contribution in [1.29, 1.82) is 0 Å². The molecule has 7 rings (SSSR count). The minimum atomic E-state index is -0.814. The Morgan fingerprint density at radius 2 is 0.533 bits per heavy atom. The van der Waals surface area contributed by atoms with Crippen molar-refractivity contribution < 1.29 is 29.9 Å². The van der Waals surface area contributed by atoms with Gasteiger partial charge in [-0.05, 0) is 98.7 Å². The molecule has 0 bridgehead atoms. The lowest BCUT2D eigenvalue weighted by atomic mass is 9.38. The number of hydrogen-bond donors (Lipinski definition) is 4. The minimum Gasteiger partial charge on any atom is -0.368 e. The van der Waals surface area contributed by atoms with Crippen LogP contribution in [0.1, 0.15) is 51.4 Å². The fourth-order valence-electron chi connectivity index (χ4n) is 10.7. The van der Waals surface area contributed by atoms with Crippen molar-refractivity contribution in [1.82, 2.24) is 0 Å². The van der Waals surface area contributed by atoms with E-state index < -0.39 is 25.2 Å². The van der Waals surface area contributed by atoms with E-state index >= 15 is 0 Å². The molecule has 2 aliphatic heterocycles. The van der Waals surface area contributed by atoms with Gasteiger partial charge in [-0.2, -0.15) is 0 Å². The van der Waals surface area contributed by atoms with Crippen molar-refractivity contribution in [2.75, 3.05) is 0 Å². The Balaban J connectivity index is 1.29. The number of ether oxygens (including phenoxy) is 2. The molecule has 5 aliphatic carbocycles. The topological polar surface area (TPSA) is 99.4 Å². The van der Waals surface area contributed by atoms with Crippen molar-refractivity contribution in [3.63, 3.8) is 0 Å². The molecule has 2 saturated heterocycles. The van der Waals surface area contributed by atoms with Crippen LogP contribution in [0.4, 0.5) is 0 Å². The summed E-state index contributed by atoms with van der Waals surface area (Å²) in [6, 6.07) is 0. The SMILES string of the molecule is OC1OC(O)C2CCC3C4C(CCC1C24)C1CCC2C(O)OC(O)[C@H]4CC[C@@H]3C1C24. The summed E-state index contributed by atoms with van der Waals surface area (Å²) in [6.07, 6.45) is 5.38. The van der Waals surface area contributed by atoms with Gasteiger partial charge in [0.2, 0.25) is 0 Å². The van der Waals surface area contributed by atoms with E-state index in [1.807, 2.05) is 0 Å². The fourth-order valence-corrected chi connectivity index (χ4v) is 10.7. The molecule has 0 amide bonds. The first kappa shape index (κ1) is 19.2. The molecule has 7 aliphatic rings. The molecule has 4 N–H and O–H groups in total. The second-order valence-electron chi connectivity index (χ2n) is 11.8. The zero-order valence-corrected chi connectivity index (χ0v) is 17.5. The highest BCUT2D eigenvalue weighted by atomic mass is 16.7. The van der Waals surface area contributed by atoms with Crippen LogP contribution < -0.4 is 0 Å². The summed E-state index contributed by atoms with van der Waals surface area (Å²) in [7, 11) is 0. The van der Waals surface area contributed by atoms with Crippen LogP contribution >= 0.6 is 0 Å². The van der Waals surface area contributed by atoms with E-state index in [1.54, 1.807) is 0 Å². The summed E-state index contributed by atoms with van der Waals surface area (Å²) in [6.45, 7) is 0. The van der Waals surface area contributed by atoms with Crippen LogP contribution in [0.5, 0.6) is 0 Å². The number of aliphatic hydroxyl groups excluding tert-OH is 4. The fraction of sp³-hybridized carbons (Fsp3) is 1.00. The molecule has 30 heavy (non-hydrogen) atoms. The predicted molar refractivity (Wildman–Crippen MR) is 105 cm³/mol. The molecule has 0 spiro atoms. The summed E-state index contributed by atoms with van der Waals surface area (Å²) in [5, 5.41) is 42.5. The van der Waals surface area contributed by atoms with E-state index in [4.69, 9.17) is 9.47 Å². The Bertz CT molecular complexity index is 591.